The highest BCUT2D eigenvalue weighted by atomic mass is 32.2. The van der Waals surface area contributed by atoms with Crippen molar-refractivity contribution >= 4 is 41.0 Å². The van der Waals surface area contributed by atoms with Gasteiger partial charge in [0.15, 0.2) is 5.12 Å². The molecule has 132 valence electrons. The molecule has 2 heterocycles. The molecule has 3 rings (SSSR count). The lowest BCUT2D eigenvalue weighted by Crippen LogP contribution is -2.41. The number of benzene rings is 1. The zero-order chi connectivity index (χ0) is 18.2. The van der Waals surface area contributed by atoms with Gasteiger partial charge in [0.1, 0.15) is 0 Å². The van der Waals surface area contributed by atoms with Gasteiger partial charge in [-0.25, -0.2) is 0 Å². The van der Waals surface area contributed by atoms with Gasteiger partial charge in [-0.15, -0.1) is 0 Å². The van der Waals surface area contributed by atoms with Gasteiger partial charge in [-0.1, -0.05) is 36.0 Å². The lowest BCUT2D eigenvalue weighted by atomic mass is 9.78. The molecule has 1 N–H and O–H groups in total. The largest absolute Gasteiger partial charge is 0.491 e. The number of aromatic amines is 1. The van der Waals surface area contributed by atoms with E-state index in [-0.39, 0.29) is 5.12 Å². The Labute approximate surface area is 152 Å². The highest BCUT2D eigenvalue weighted by Gasteiger charge is 2.52. The van der Waals surface area contributed by atoms with E-state index in [1.165, 1.54) is 11.8 Å². The second kappa shape index (κ2) is 6.63. The SMILES string of the molecule is CC(=O)SCC(=Cc1cccc2cn[nH]c12)B1OC(C)(C)C(C)(C)O1. The van der Waals surface area contributed by atoms with Crippen LogP contribution in [0.3, 0.4) is 0 Å². The number of aromatic nitrogens is 2. The summed E-state index contributed by atoms with van der Waals surface area (Å²) in [5.74, 6) is 0.524. The summed E-state index contributed by atoms with van der Waals surface area (Å²) in [5.41, 5.74) is 2.06. The van der Waals surface area contributed by atoms with Crippen LogP contribution in [0.25, 0.3) is 17.0 Å². The van der Waals surface area contributed by atoms with Gasteiger partial charge in [0, 0.05) is 18.1 Å². The molecule has 1 aliphatic rings. The second-order valence-corrected chi connectivity index (χ2v) is 8.42. The third-order valence-corrected chi connectivity index (χ3v) is 5.73. The molecule has 0 saturated carbocycles. The average molecular weight is 358 g/mol. The Morgan fingerprint density at radius 2 is 1.96 bits per heavy atom. The van der Waals surface area contributed by atoms with E-state index in [0.717, 1.165) is 21.9 Å². The summed E-state index contributed by atoms with van der Waals surface area (Å²) < 4.78 is 12.4. The first kappa shape index (κ1) is 18.2. The first-order valence-corrected chi connectivity index (χ1v) is 9.30. The summed E-state index contributed by atoms with van der Waals surface area (Å²) in [7, 11) is -0.477. The van der Waals surface area contributed by atoms with E-state index in [1.54, 1.807) is 13.1 Å². The first-order valence-electron chi connectivity index (χ1n) is 8.31. The maximum atomic E-state index is 11.5. The Bertz CT molecular complexity index is 813. The van der Waals surface area contributed by atoms with Gasteiger partial charge in [0.05, 0.1) is 22.9 Å². The predicted octanol–water partition coefficient (Wildman–Crippen LogP) is 3.86. The molecule has 1 fully saturated rings. The van der Waals surface area contributed by atoms with Crippen molar-refractivity contribution in [3.05, 3.63) is 35.4 Å². The summed E-state index contributed by atoms with van der Waals surface area (Å²) in [6, 6.07) is 6.02. The number of fused-ring (bicyclic) bond motifs is 1. The quantitative estimate of drug-likeness (QED) is 0.841. The number of hydrogen-bond donors (Lipinski definition) is 1. The molecule has 2 aromatic rings. The highest BCUT2D eigenvalue weighted by Crippen LogP contribution is 2.39. The summed E-state index contributed by atoms with van der Waals surface area (Å²) >= 11 is 1.26. The van der Waals surface area contributed by atoms with Crippen LogP contribution >= 0.6 is 11.8 Å². The Balaban J connectivity index is 1.98. The van der Waals surface area contributed by atoms with E-state index in [1.807, 2.05) is 52.0 Å². The van der Waals surface area contributed by atoms with Gasteiger partial charge in [0.2, 0.25) is 0 Å². The van der Waals surface area contributed by atoms with E-state index in [0.29, 0.717) is 5.75 Å². The predicted molar refractivity (Wildman–Crippen MR) is 103 cm³/mol. The zero-order valence-electron chi connectivity index (χ0n) is 15.3. The normalized spacial score (nSPS) is 19.6. The van der Waals surface area contributed by atoms with Crippen LogP contribution in [0.15, 0.2) is 29.9 Å². The fraction of sp³-hybridized carbons (Fsp3) is 0.444. The van der Waals surface area contributed by atoms with Crippen LogP contribution in [0.5, 0.6) is 0 Å². The van der Waals surface area contributed by atoms with E-state index in [4.69, 9.17) is 9.31 Å². The fourth-order valence-corrected chi connectivity index (χ4v) is 3.26. The number of para-hydroxylation sites is 1. The molecule has 1 aromatic carbocycles. The number of thioether (sulfide) groups is 1. The molecular formula is C18H23BN2O3S. The van der Waals surface area contributed by atoms with Crippen LogP contribution in [-0.2, 0) is 14.1 Å². The summed E-state index contributed by atoms with van der Waals surface area (Å²) in [5, 5.41) is 8.26. The van der Waals surface area contributed by atoms with Crippen molar-refractivity contribution in [2.24, 2.45) is 0 Å². The minimum absolute atomic E-state index is 0.0715. The minimum atomic E-state index is -0.477. The third-order valence-electron chi connectivity index (χ3n) is 4.85. The third kappa shape index (κ3) is 3.68. The molecule has 0 unspecified atom stereocenters. The fourth-order valence-electron chi connectivity index (χ4n) is 2.67. The molecule has 0 atom stereocenters. The molecule has 0 bridgehead atoms. The molecule has 1 aliphatic heterocycles. The van der Waals surface area contributed by atoms with Crippen molar-refractivity contribution in [3.63, 3.8) is 0 Å². The number of rotatable bonds is 4. The molecule has 7 heteroatoms. The van der Waals surface area contributed by atoms with Crippen molar-refractivity contribution < 1.29 is 14.1 Å². The Hall–Kier alpha value is -1.57. The Kier molecular flexibility index (Phi) is 4.83. The van der Waals surface area contributed by atoms with Gasteiger partial charge < -0.3 is 9.31 Å². The number of H-pyrrole nitrogens is 1. The Morgan fingerprint density at radius 3 is 2.60 bits per heavy atom. The van der Waals surface area contributed by atoms with Crippen molar-refractivity contribution in [2.75, 3.05) is 5.75 Å². The molecule has 5 nitrogen and oxygen atoms in total. The van der Waals surface area contributed by atoms with E-state index in [9.17, 15) is 4.79 Å². The van der Waals surface area contributed by atoms with E-state index < -0.39 is 18.3 Å². The van der Waals surface area contributed by atoms with Crippen LogP contribution < -0.4 is 0 Å². The summed E-state index contributed by atoms with van der Waals surface area (Å²) in [6.45, 7) is 9.68. The summed E-state index contributed by atoms with van der Waals surface area (Å²) in [4.78, 5) is 11.5. The monoisotopic (exact) mass is 358 g/mol. The first-order chi connectivity index (χ1) is 11.7. The molecule has 25 heavy (non-hydrogen) atoms. The average Bonchev–Trinajstić information content (AvgIpc) is 3.06. The highest BCUT2D eigenvalue weighted by molar-refractivity contribution is 8.13. The van der Waals surface area contributed by atoms with Crippen molar-refractivity contribution in [2.45, 2.75) is 45.8 Å². The van der Waals surface area contributed by atoms with Crippen LogP contribution in [0.2, 0.25) is 0 Å². The second-order valence-electron chi connectivity index (χ2n) is 7.27. The molecule has 0 amide bonds. The molecule has 1 saturated heterocycles. The molecule has 0 radical (unpaired) electrons. The van der Waals surface area contributed by atoms with Crippen LogP contribution in [0.1, 0.15) is 40.2 Å². The standard InChI is InChI=1S/C18H23BN2O3S/c1-12(22)25-11-15(19-23-17(2,3)18(4,5)24-19)9-13-7-6-8-14-10-20-21-16(13)14/h6-10H,11H2,1-5H3,(H,20,21). The number of nitrogens with one attached hydrogen (secondary N) is 1. The van der Waals surface area contributed by atoms with Crippen molar-refractivity contribution in [1.82, 2.24) is 10.2 Å². The molecule has 1 aromatic heterocycles. The van der Waals surface area contributed by atoms with Gasteiger partial charge in [0.25, 0.3) is 0 Å². The van der Waals surface area contributed by atoms with E-state index >= 15 is 0 Å². The lowest BCUT2D eigenvalue weighted by molar-refractivity contribution is -0.109. The number of carbonyl (C=O) groups is 1. The van der Waals surface area contributed by atoms with Gasteiger partial charge >= 0.3 is 7.12 Å². The van der Waals surface area contributed by atoms with Crippen LogP contribution in [0, 0.1) is 0 Å². The molecule has 0 aliphatic carbocycles. The smallest absolute Gasteiger partial charge is 0.400 e. The Morgan fingerprint density at radius 1 is 1.28 bits per heavy atom. The maximum Gasteiger partial charge on any atom is 0.491 e. The zero-order valence-corrected chi connectivity index (χ0v) is 16.1. The molecule has 0 spiro atoms. The van der Waals surface area contributed by atoms with Crippen molar-refractivity contribution in [1.29, 1.82) is 0 Å². The van der Waals surface area contributed by atoms with Crippen LogP contribution in [-0.4, -0.2) is 39.4 Å². The minimum Gasteiger partial charge on any atom is -0.400 e. The number of nitrogens with zero attached hydrogens (tertiary/aromatic N) is 1. The number of carbonyl (C=O) groups excluding carboxylic acids is 1. The topological polar surface area (TPSA) is 64.2 Å². The van der Waals surface area contributed by atoms with Gasteiger partial charge in [-0.2, -0.15) is 5.10 Å². The van der Waals surface area contributed by atoms with Crippen molar-refractivity contribution in [3.8, 4) is 0 Å². The van der Waals surface area contributed by atoms with Crippen LogP contribution in [0.4, 0.5) is 0 Å². The number of hydrogen-bond acceptors (Lipinski definition) is 5. The lowest BCUT2D eigenvalue weighted by Gasteiger charge is -2.32. The molecular weight excluding hydrogens is 335 g/mol. The van der Waals surface area contributed by atoms with Gasteiger partial charge in [-0.3, -0.25) is 9.89 Å². The maximum absolute atomic E-state index is 11.5. The summed E-state index contributed by atoms with van der Waals surface area (Å²) in [6.07, 6.45) is 3.84. The van der Waals surface area contributed by atoms with Gasteiger partial charge in [-0.05, 0) is 38.7 Å². The van der Waals surface area contributed by atoms with E-state index in [2.05, 4.69) is 10.2 Å².